The molecule has 0 N–H and O–H groups in total. The third-order valence-electron chi connectivity index (χ3n) is 6.16. The Kier molecular flexibility index (Phi) is 6.46. The first-order valence-electron chi connectivity index (χ1n) is 11.2. The van der Waals surface area contributed by atoms with Gasteiger partial charge in [0.25, 0.3) is 5.89 Å². The Balaban J connectivity index is 1.68. The van der Waals surface area contributed by atoms with Gasteiger partial charge >= 0.3 is 0 Å². The molecule has 1 aliphatic rings. The van der Waals surface area contributed by atoms with E-state index in [0.29, 0.717) is 50.7 Å². The van der Waals surface area contributed by atoms with Gasteiger partial charge in [-0.05, 0) is 61.7 Å². The summed E-state index contributed by atoms with van der Waals surface area (Å²) in [5.41, 5.74) is 3.31. The average molecular weight is 502 g/mol. The molecule has 0 radical (unpaired) electrons. The van der Waals surface area contributed by atoms with Crippen molar-refractivity contribution < 1.29 is 4.42 Å². The van der Waals surface area contributed by atoms with Crippen molar-refractivity contribution >= 4 is 34.8 Å². The maximum Gasteiger partial charge on any atom is 0.268 e. The van der Waals surface area contributed by atoms with Gasteiger partial charge in [-0.2, -0.15) is 0 Å². The second kappa shape index (κ2) is 9.49. The normalized spacial score (nSPS) is 14.7. The summed E-state index contributed by atoms with van der Waals surface area (Å²) in [4.78, 5) is 4.98. The highest BCUT2D eigenvalue weighted by Gasteiger charge is 2.27. The van der Waals surface area contributed by atoms with Crippen LogP contribution in [0.5, 0.6) is 0 Å². The van der Waals surface area contributed by atoms with E-state index in [4.69, 9.17) is 44.2 Å². The number of benzene rings is 2. The molecule has 0 spiro atoms. The number of imidazole rings is 1. The first-order chi connectivity index (χ1) is 16.0. The molecule has 0 atom stereocenters. The van der Waals surface area contributed by atoms with E-state index in [1.54, 1.807) is 6.07 Å². The topological polar surface area (TPSA) is 56.7 Å². The molecule has 1 saturated carbocycles. The highest BCUT2D eigenvalue weighted by molar-refractivity contribution is 6.36. The summed E-state index contributed by atoms with van der Waals surface area (Å²) in [5, 5.41) is 10.5. The van der Waals surface area contributed by atoms with Gasteiger partial charge in [0, 0.05) is 27.2 Å². The van der Waals surface area contributed by atoms with Crippen LogP contribution in [0.25, 0.3) is 28.7 Å². The van der Waals surface area contributed by atoms with Crippen molar-refractivity contribution in [2.45, 2.75) is 51.4 Å². The molecule has 170 valence electrons. The lowest BCUT2D eigenvalue weighted by Gasteiger charge is -2.17. The Morgan fingerprint density at radius 2 is 1.67 bits per heavy atom. The monoisotopic (exact) mass is 500 g/mol. The molecule has 2 heterocycles. The molecule has 33 heavy (non-hydrogen) atoms. The number of hydrogen-bond acceptors (Lipinski definition) is 4. The Morgan fingerprint density at radius 3 is 2.36 bits per heavy atom. The van der Waals surface area contributed by atoms with E-state index in [0.717, 1.165) is 29.8 Å². The minimum absolute atomic E-state index is 0.327. The Hall–Kier alpha value is -2.34. The summed E-state index contributed by atoms with van der Waals surface area (Å²) in [7, 11) is 0. The van der Waals surface area contributed by atoms with Crippen LogP contribution in [0.3, 0.4) is 0 Å². The third kappa shape index (κ3) is 4.42. The fourth-order valence-corrected chi connectivity index (χ4v) is 5.13. The molecule has 0 saturated heterocycles. The highest BCUT2D eigenvalue weighted by atomic mass is 35.5. The van der Waals surface area contributed by atoms with Crippen LogP contribution in [0.15, 0.2) is 46.9 Å². The molecule has 0 amide bonds. The van der Waals surface area contributed by atoms with Gasteiger partial charge in [-0.3, -0.25) is 4.57 Å². The molecule has 0 aliphatic heterocycles. The molecule has 1 aliphatic carbocycles. The van der Waals surface area contributed by atoms with Crippen LogP contribution >= 0.6 is 34.8 Å². The number of halogens is 3. The molecule has 0 bridgehead atoms. The van der Waals surface area contributed by atoms with Gasteiger partial charge in [0.1, 0.15) is 11.5 Å². The van der Waals surface area contributed by atoms with Crippen LogP contribution in [0.1, 0.15) is 56.5 Å². The van der Waals surface area contributed by atoms with Gasteiger partial charge in [0.05, 0.1) is 10.7 Å². The van der Waals surface area contributed by atoms with Gasteiger partial charge in [-0.15, -0.1) is 10.2 Å². The standard InChI is InChI=1S/C25H23Cl3N4O/c1-2-21-22(25-31-30-24(33-25)15-6-4-3-5-7-15)29-23(19-13-10-17(27)14-20(19)28)32(21)18-11-8-16(26)9-12-18/h8-15H,2-7H2,1H3. The van der Waals surface area contributed by atoms with Gasteiger partial charge in [0.15, 0.2) is 0 Å². The van der Waals surface area contributed by atoms with Gasteiger partial charge in [-0.1, -0.05) is 61.0 Å². The van der Waals surface area contributed by atoms with Crippen LogP contribution in [0.2, 0.25) is 15.1 Å². The number of rotatable bonds is 5. The van der Waals surface area contributed by atoms with Gasteiger partial charge in [-0.25, -0.2) is 4.98 Å². The van der Waals surface area contributed by atoms with Crippen LogP contribution in [0, 0.1) is 0 Å². The number of aromatic nitrogens is 4. The van der Waals surface area contributed by atoms with Crippen molar-refractivity contribution in [2.24, 2.45) is 0 Å². The van der Waals surface area contributed by atoms with Crippen molar-refractivity contribution in [1.29, 1.82) is 0 Å². The summed E-state index contributed by atoms with van der Waals surface area (Å²) in [6.07, 6.45) is 6.56. The smallest absolute Gasteiger partial charge is 0.268 e. The summed E-state index contributed by atoms with van der Waals surface area (Å²) in [5.74, 6) is 2.15. The lowest BCUT2D eigenvalue weighted by atomic mass is 9.89. The minimum atomic E-state index is 0.327. The van der Waals surface area contributed by atoms with Crippen molar-refractivity contribution in [2.75, 3.05) is 0 Å². The predicted octanol–water partition coefficient (Wildman–Crippen LogP) is 8.16. The zero-order chi connectivity index (χ0) is 22.9. The maximum absolute atomic E-state index is 6.59. The van der Waals surface area contributed by atoms with E-state index < -0.39 is 0 Å². The van der Waals surface area contributed by atoms with Crippen molar-refractivity contribution in [3.05, 3.63) is 69.1 Å². The van der Waals surface area contributed by atoms with E-state index in [1.807, 2.05) is 36.4 Å². The van der Waals surface area contributed by atoms with E-state index >= 15 is 0 Å². The SMILES string of the molecule is CCc1c(-c2nnc(C3CCCCC3)o2)nc(-c2ccc(Cl)cc2Cl)n1-c1ccc(Cl)cc1. The van der Waals surface area contributed by atoms with E-state index in [2.05, 4.69) is 21.7 Å². The fraction of sp³-hybridized carbons (Fsp3) is 0.320. The van der Waals surface area contributed by atoms with Crippen molar-refractivity contribution in [3.8, 4) is 28.7 Å². The highest BCUT2D eigenvalue weighted by Crippen LogP contribution is 2.38. The Bertz CT molecular complexity index is 1270. The Morgan fingerprint density at radius 1 is 0.939 bits per heavy atom. The van der Waals surface area contributed by atoms with Crippen LogP contribution in [-0.4, -0.2) is 19.7 Å². The largest absolute Gasteiger partial charge is 0.419 e. The maximum atomic E-state index is 6.59. The van der Waals surface area contributed by atoms with Crippen LogP contribution in [-0.2, 0) is 6.42 Å². The summed E-state index contributed by atoms with van der Waals surface area (Å²) >= 11 is 18.9. The molecule has 5 nitrogen and oxygen atoms in total. The molecule has 2 aromatic carbocycles. The summed E-state index contributed by atoms with van der Waals surface area (Å²) < 4.78 is 8.26. The summed E-state index contributed by atoms with van der Waals surface area (Å²) in [6, 6.07) is 13.0. The van der Waals surface area contributed by atoms with Gasteiger partial charge < -0.3 is 4.42 Å². The first-order valence-corrected chi connectivity index (χ1v) is 12.3. The molecule has 5 rings (SSSR count). The molecular weight excluding hydrogens is 479 g/mol. The zero-order valence-electron chi connectivity index (χ0n) is 18.2. The molecule has 8 heteroatoms. The minimum Gasteiger partial charge on any atom is -0.419 e. The third-order valence-corrected chi connectivity index (χ3v) is 6.96. The first kappa shape index (κ1) is 22.5. The molecule has 2 aromatic heterocycles. The summed E-state index contributed by atoms with van der Waals surface area (Å²) in [6.45, 7) is 2.08. The molecule has 0 unspecified atom stereocenters. The van der Waals surface area contributed by atoms with E-state index in [9.17, 15) is 0 Å². The zero-order valence-corrected chi connectivity index (χ0v) is 20.5. The van der Waals surface area contributed by atoms with E-state index in [1.165, 1.54) is 19.3 Å². The predicted molar refractivity (Wildman–Crippen MR) is 133 cm³/mol. The average Bonchev–Trinajstić information content (AvgIpc) is 3.45. The van der Waals surface area contributed by atoms with Crippen molar-refractivity contribution in [1.82, 2.24) is 19.7 Å². The fourth-order valence-electron chi connectivity index (χ4n) is 4.52. The second-order valence-corrected chi connectivity index (χ2v) is 9.58. The van der Waals surface area contributed by atoms with Crippen LogP contribution in [0.4, 0.5) is 0 Å². The molecule has 4 aromatic rings. The molecular formula is C25H23Cl3N4O. The Labute approximate surface area is 207 Å². The quantitative estimate of drug-likeness (QED) is 0.277. The van der Waals surface area contributed by atoms with E-state index in [-0.39, 0.29) is 0 Å². The number of nitrogens with zero attached hydrogens (tertiary/aromatic N) is 4. The van der Waals surface area contributed by atoms with Crippen LogP contribution < -0.4 is 0 Å². The van der Waals surface area contributed by atoms with Gasteiger partial charge in [0.2, 0.25) is 5.89 Å². The second-order valence-electron chi connectivity index (χ2n) is 8.30. The lowest BCUT2D eigenvalue weighted by molar-refractivity contribution is 0.367. The lowest BCUT2D eigenvalue weighted by Crippen LogP contribution is -2.04. The number of hydrogen-bond donors (Lipinski definition) is 0. The molecule has 1 fully saturated rings. The van der Waals surface area contributed by atoms with Crippen molar-refractivity contribution in [3.63, 3.8) is 0 Å².